The maximum absolute atomic E-state index is 13.3. The summed E-state index contributed by atoms with van der Waals surface area (Å²) in [6, 6.07) is 2.04. The monoisotopic (exact) mass is 397 g/mol. The second-order valence-corrected chi connectivity index (χ2v) is 7.47. The lowest BCUT2D eigenvalue weighted by atomic mass is 10.0. The number of unbranched alkanes of at least 4 members (excludes halogenated alkanes) is 7. The van der Waals surface area contributed by atoms with Crippen LogP contribution in [0.3, 0.4) is 0 Å². The maximum atomic E-state index is 13.3. The highest BCUT2D eigenvalue weighted by atomic mass is 19.2. The van der Waals surface area contributed by atoms with E-state index < -0.39 is 29.6 Å². The van der Waals surface area contributed by atoms with Crippen LogP contribution in [-0.4, -0.2) is 24.5 Å². The Bertz CT molecular complexity index is 620. The van der Waals surface area contributed by atoms with Crippen LogP contribution in [0.1, 0.15) is 82.5 Å². The summed E-state index contributed by atoms with van der Waals surface area (Å²) in [6.45, 7) is 6.08. The van der Waals surface area contributed by atoms with Crippen molar-refractivity contribution >= 4 is 11.9 Å². The normalized spacial score (nSPS) is 12.1. The molecular weight excluding hydrogens is 364 g/mol. The molecule has 1 amide bonds. The van der Waals surface area contributed by atoms with E-state index in [0.717, 1.165) is 31.4 Å². The zero-order chi connectivity index (χ0) is 20.9. The first-order chi connectivity index (χ1) is 13.4. The third kappa shape index (κ3) is 8.81. The van der Waals surface area contributed by atoms with Gasteiger partial charge in [0.1, 0.15) is 6.04 Å². The smallest absolute Gasteiger partial charge is 0.328 e. The minimum absolute atomic E-state index is 0.0413. The average Bonchev–Trinajstić information content (AvgIpc) is 2.66. The Kier molecular flexibility index (Phi) is 11.4. The second kappa shape index (κ2) is 13.2. The highest BCUT2D eigenvalue weighted by molar-refractivity contribution is 5.96. The van der Waals surface area contributed by atoms with Crippen molar-refractivity contribution < 1.29 is 23.1 Å². The van der Waals surface area contributed by atoms with Gasteiger partial charge in [0, 0.05) is 5.56 Å². The van der Waals surface area contributed by atoms with Gasteiger partial charge in [-0.25, -0.2) is 13.6 Å². The minimum atomic E-state index is -1.11. The van der Waals surface area contributed by atoms with Gasteiger partial charge < -0.3 is 10.1 Å². The van der Waals surface area contributed by atoms with Gasteiger partial charge in [-0.05, 0) is 30.5 Å². The fourth-order valence-corrected chi connectivity index (χ4v) is 2.86. The standard InChI is InChI=1S/C22H33F2NO3/c1-4-5-6-7-8-9-10-11-14-28-22(27)20(16(2)3)25-21(26)17-12-13-18(23)19(24)15-17/h12-13,15-16,20H,4-11,14H2,1-3H3,(H,25,26). The summed E-state index contributed by atoms with van der Waals surface area (Å²) in [6.07, 6.45) is 9.17. The molecule has 1 atom stereocenters. The third-order valence-electron chi connectivity index (χ3n) is 4.63. The number of ether oxygens (including phenoxy) is 1. The summed E-state index contributed by atoms with van der Waals surface area (Å²) in [5.74, 6) is -3.47. The molecule has 0 bridgehead atoms. The van der Waals surface area contributed by atoms with Crippen LogP contribution >= 0.6 is 0 Å². The number of benzene rings is 1. The van der Waals surface area contributed by atoms with Crippen LogP contribution in [0.4, 0.5) is 8.78 Å². The van der Waals surface area contributed by atoms with E-state index >= 15 is 0 Å². The van der Waals surface area contributed by atoms with Gasteiger partial charge in [0.25, 0.3) is 5.91 Å². The second-order valence-electron chi connectivity index (χ2n) is 7.47. The number of carbonyl (C=O) groups excluding carboxylic acids is 2. The predicted molar refractivity (Wildman–Crippen MR) is 106 cm³/mol. The van der Waals surface area contributed by atoms with Gasteiger partial charge in [-0.2, -0.15) is 0 Å². The van der Waals surface area contributed by atoms with E-state index in [4.69, 9.17) is 4.74 Å². The van der Waals surface area contributed by atoms with Crippen LogP contribution in [0.15, 0.2) is 18.2 Å². The Morgan fingerprint density at radius 2 is 1.57 bits per heavy atom. The van der Waals surface area contributed by atoms with E-state index in [1.165, 1.54) is 38.2 Å². The van der Waals surface area contributed by atoms with Gasteiger partial charge in [0.2, 0.25) is 0 Å². The molecule has 1 unspecified atom stereocenters. The lowest BCUT2D eigenvalue weighted by Crippen LogP contribution is -2.45. The molecule has 0 radical (unpaired) electrons. The molecule has 0 fully saturated rings. The van der Waals surface area contributed by atoms with Crippen molar-refractivity contribution in [2.24, 2.45) is 5.92 Å². The lowest BCUT2D eigenvalue weighted by molar-refractivity contribution is -0.147. The van der Waals surface area contributed by atoms with Gasteiger partial charge >= 0.3 is 5.97 Å². The van der Waals surface area contributed by atoms with E-state index in [-0.39, 0.29) is 11.5 Å². The van der Waals surface area contributed by atoms with Crippen molar-refractivity contribution in [3.8, 4) is 0 Å². The molecule has 1 aromatic carbocycles. The summed E-state index contributed by atoms with van der Waals surface area (Å²) >= 11 is 0. The molecule has 0 aliphatic heterocycles. The van der Waals surface area contributed by atoms with E-state index in [2.05, 4.69) is 12.2 Å². The number of rotatable bonds is 13. The van der Waals surface area contributed by atoms with Crippen molar-refractivity contribution in [1.82, 2.24) is 5.32 Å². The molecule has 0 saturated heterocycles. The first-order valence-electron chi connectivity index (χ1n) is 10.3. The molecular formula is C22H33F2NO3. The van der Waals surface area contributed by atoms with Crippen molar-refractivity contribution in [1.29, 1.82) is 0 Å². The molecule has 0 aromatic heterocycles. The lowest BCUT2D eigenvalue weighted by Gasteiger charge is -2.21. The molecule has 0 aliphatic rings. The van der Waals surface area contributed by atoms with Gasteiger partial charge in [0.15, 0.2) is 11.6 Å². The van der Waals surface area contributed by atoms with Gasteiger partial charge in [0.05, 0.1) is 6.61 Å². The molecule has 0 spiro atoms. The molecule has 0 aliphatic carbocycles. The predicted octanol–water partition coefficient (Wildman–Crippen LogP) is 5.40. The first kappa shape index (κ1) is 24.1. The van der Waals surface area contributed by atoms with E-state index in [1.807, 2.05) is 0 Å². The maximum Gasteiger partial charge on any atom is 0.328 e. The van der Waals surface area contributed by atoms with Crippen LogP contribution in [0.25, 0.3) is 0 Å². The van der Waals surface area contributed by atoms with Crippen molar-refractivity contribution in [3.05, 3.63) is 35.4 Å². The largest absolute Gasteiger partial charge is 0.464 e. The summed E-state index contributed by atoms with van der Waals surface area (Å²) in [5, 5.41) is 2.56. The Balaban J connectivity index is 2.38. The molecule has 4 nitrogen and oxygen atoms in total. The molecule has 0 heterocycles. The van der Waals surface area contributed by atoms with Crippen LogP contribution in [0.2, 0.25) is 0 Å². The zero-order valence-corrected chi connectivity index (χ0v) is 17.2. The molecule has 1 rings (SSSR count). The number of esters is 1. The molecule has 6 heteroatoms. The van der Waals surface area contributed by atoms with Crippen molar-refractivity contribution in [2.75, 3.05) is 6.61 Å². The number of hydrogen-bond donors (Lipinski definition) is 1. The van der Waals surface area contributed by atoms with Crippen LogP contribution in [-0.2, 0) is 9.53 Å². The molecule has 158 valence electrons. The van der Waals surface area contributed by atoms with Gasteiger partial charge in [-0.3, -0.25) is 4.79 Å². The fraction of sp³-hybridized carbons (Fsp3) is 0.636. The highest BCUT2D eigenvalue weighted by Crippen LogP contribution is 2.12. The third-order valence-corrected chi connectivity index (χ3v) is 4.63. The molecule has 1 N–H and O–H groups in total. The Morgan fingerprint density at radius 1 is 0.964 bits per heavy atom. The number of nitrogens with one attached hydrogen (secondary N) is 1. The number of amides is 1. The molecule has 0 saturated carbocycles. The highest BCUT2D eigenvalue weighted by Gasteiger charge is 2.26. The first-order valence-corrected chi connectivity index (χ1v) is 10.3. The number of carbonyl (C=O) groups is 2. The minimum Gasteiger partial charge on any atom is -0.464 e. The zero-order valence-electron chi connectivity index (χ0n) is 17.2. The van der Waals surface area contributed by atoms with Crippen LogP contribution in [0.5, 0.6) is 0 Å². The Morgan fingerprint density at radius 3 is 2.14 bits per heavy atom. The molecule has 1 aromatic rings. The number of hydrogen-bond acceptors (Lipinski definition) is 3. The average molecular weight is 398 g/mol. The summed E-state index contributed by atoms with van der Waals surface area (Å²) in [5.41, 5.74) is -0.0413. The van der Waals surface area contributed by atoms with Crippen LogP contribution < -0.4 is 5.32 Å². The van der Waals surface area contributed by atoms with Gasteiger partial charge in [-0.15, -0.1) is 0 Å². The van der Waals surface area contributed by atoms with Gasteiger partial charge in [-0.1, -0.05) is 65.7 Å². The van der Waals surface area contributed by atoms with E-state index in [0.29, 0.717) is 6.61 Å². The molecule has 28 heavy (non-hydrogen) atoms. The summed E-state index contributed by atoms with van der Waals surface area (Å²) in [7, 11) is 0. The topological polar surface area (TPSA) is 55.4 Å². The van der Waals surface area contributed by atoms with E-state index in [1.54, 1.807) is 13.8 Å². The summed E-state index contributed by atoms with van der Waals surface area (Å²) in [4.78, 5) is 24.6. The quantitative estimate of drug-likeness (QED) is 0.358. The van der Waals surface area contributed by atoms with Crippen LogP contribution in [0, 0.1) is 17.6 Å². The fourth-order valence-electron chi connectivity index (χ4n) is 2.86. The Labute approximate surface area is 167 Å². The van der Waals surface area contributed by atoms with Crippen molar-refractivity contribution in [2.45, 2.75) is 78.2 Å². The SMILES string of the molecule is CCCCCCCCCCOC(=O)C(NC(=O)c1ccc(F)c(F)c1)C(C)C. The Hall–Kier alpha value is -1.98. The number of halogens is 2. The van der Waals surface area contributed by atoms with Crippen molar-refractivity contribution in [3.63, 3.8) is 0 Å². The summed E-state index contributed by atoms with van der Waals surface area (Å²) < 4.78 is 31.6. The van der Waals surface area contributed by atoms with E-state index in [9.17, 15) is 18.4 Å².